The fourth-order valence-electron chi connectivity index (χ4n) is 2.51. The molecule has 5 heteroatoms. The van der Waals surface area contributed by atoms with Gasteiger partial charge in [-0.2, -0.15) is 0 Å². The highest BCUT2D eigenvalue weighted by Gasteiger charge is 2.36. The van der Waals surface area contributed by atoms with Crippen LogP contribution in [-0.4, -0.2) is 23.0 Å². The number of rotatable bonds is 5. The molecule has 0 aliphatic heterocycles. The first-order chi connectivity index (χ1) is 9.51. The number of carboxylic acid groups (broad SMARTS) is 1. The third-order valence-corrected chi connectivity index (χ3v) is 3.83. The first-order valence-corrected chi connectivity index (χ1v) is 6.80. The fourth-order valence-corrected chi connectivity index (χ4v) is 2.51. The highest BCUT2D eigenvalue weighted by Crippen LogP contribution is 2.29. The standard InChI is InChI=1S/C15H18FNO3/c1-2-13(9-3-5-11(16)6-4-9)14(18)17-12-7-10(8-12)15(19)20/h3-6,10,12-13H,2,7-8H2,1H3,(H,17,18)(H,19,20). The highest BCUT2D eigenvalue weighted by atomic mass is 19.1. The van der Waals surface area contributed by atoms with Crippen LogP contribution in [0.4, 0.5) is 4.39 Å². The number of amides is 1. The topological polar surface area (TPSA) is 66.4 Å². The molecule has 1 aliphatic carbocycles. The van der Waals surface area contributed by atoms with E-state index in [4.69, 9.17) is 5.11 Å². The van der Waals surface area contributed by atoms with Gasteiger partial charge in [-0.05, 0) is 37.0 Å². The fraction of sp³-hybridized carbons (Fsp3) is 0.467. The molecule has 0 spiro atoms. The van der Waals surface area contributed by atoms with Crippen molar-refractivity contribution in [3.63, 3.8) is 0 Å². The van der Waals surface area contributed by atoms with E-state index in [-0.39, 0.29) is 29.6 Å². The van der Waals surface area contributed by atoms with E-state index in [0.29, 0.717) is 19.3 Å². The van der Waals surface area contributed by atoms with Gasteiger partial charge in [0.1, 0.15) is 5.82 Å². The second-order valence-corrected chi connectivity index (χ2v) is 5.22. The predicted octanol–water partition coefficient (Wildman–Crippen LogP) is 2.30. The Hall–Kier alpha value is -1.91. The lowest BCUT2D eigenvalue weighted by Crippen LogP contribution is -2.48. The Morgan fingerprint density at radius 3 is 2.45 bits per heavy atom. The van der Waals surface area contributed by atoms with Gasteiger partial charge in [-0.3, -0.25) is 9.59 Å². The van der Waals surface area contributed by atoms with Gasteiger partial charge in [0.2, 0.25) is 5.91 Å². The molecule has 1 saturated carbocycles. The molecule has 0 heterocycles. The van der Waals surface area contributed by atoms with E-state index < -0.39 is 5.97 Å². The number of benzene rings is 1. The minimum Gasteiger partial charge on any atom is -0.481 e. The van der Waals surface area contributed by atoms with Gasteiger partial charge in [0.05, 0.1) is 11.8 Å². The molecule has 0 saturated heterocycles. The molecule has 1 aromatic carbocycles. The summed E-state index contributed by atoms with van der Waals surface area (Å²) in [6.45, 7) is 1.90. The molecule has 0 radical (unpaired) electrons. The van der Waals surface area contributed by atoms with Crippen LogP contribution in [0.25, 0.3) is 0 Å². The van der Waals surface area contributed by atoms with Gasteiger partial charge in [-0.15, -0.1) is 0 Å². The van der Waals surface area contributed by atoms with E-state index in [1.165, 1.54) is 12.1 Å². The molecule has 1 atom stereocenters. The minimum absolute atomic E-state index is 0.0573. The van der Waals surface area contributed by atoms with Gasteiger partial charge < -0.3 is 10.4 Å². The molecular weight excluding hydrogens is 261 g/mol. The lowest BCUT2D eigenvalue weighted by atomic mass is 9.80. The van der Waals surface area contributed by atoms with Crippen LogP contribution >= 0.6 is 0 Å². The maximum absolute atomic E-state index is 12.9. The summed E-state index contributed by atoms with van der Waals surface area (Å²) in [5.74, 6) is -1.91. The summed E-state index contributed by atoms with van der Waals surface area (Å²) >= 11 is 0. The van der Waals surface area contributed by atoms with Gasteiger partial charge >= 0.3 is 5.97 Å². The molecule has 4 nitrogen and oxygen atoms in total. The Labute approximate surface area is 117 Å². The zero-order valence-corrected chi connectivity index (χ0v) is 11.3. The molecule has 108 valence electrons. The van der Waals surface area contributed by atoms with Crippen LogP contribution in [-0.2, 0) is 9.59 Å². The Morgan fingerprint density at radius 1 is 1.35 bits per heavy atom. The third kappa shape index (κ3) is 3.15. The monoisotopic (exact) mass is 279 g/mol. The van der Waals surface area contributed by atoms with Crippen LogP contribution in [0, 0.1) is 11.7 Å². The molecule has 0 bridgehead atoms. The SMILES string of the molecule is CCC(C(=O)NC1CC(C(=O)O)C1)c1ccc(F)cc1. The van der Waals surface area contributed by atoms with Crippen molar-refractivity contribution in [3.05, 3.63) is 35.6 Å². The maximum atomic E-state index is 12.9. The summed E-state index contributed by atoms with van der Waals surface area (Å²) < 4.78 is 12.9. The summed E-state index contributed by atoms with van der Waals surface area (Å²) in [6.07, 6.45) is 1.59. The van der Waals surface area contributed by atoms with Crippen molar-refractivity contribution in [1.82, 2.24) is 5.32 Å². The first-order valence-electron chi connectivity index (χ1n) is 6.80. The quantitative estimate of drug-likeness (QED) is 0.869. The van der Waals surface area contributed by atoms with Gasteiger partial charge in [0.15, 0.2) is 0 Å². The molecule has 1 aliphatic rings. The Morgan fingerprint density at radius 2 is 1.95 bits per heavy atom. The van der Waals surface area contributed by atoms with Crippen molar-refractivity contribution in [3.8, 4) is 0 Å². The van der Waals surface area contributed by atoms with Crippen LogP contribution < -0.4 is 5.32 Å². The lowest BCUT2D eigenvalue weighted by Gasteiger charge is -2.34. The van der Waals surface area contributed by atoms with Crippen LogP contribution in [0.2, 0.25) is 0 Å². The normalized spacial score (nSPS) is 22.7. The average molecular weight is 279 g/mol. The number of aliphatic carboxylic acids is 1. The van der Waals surface area contributed by atoms with E-state index in [0.717, 1.165) is 5.56 Å². The number of hydrogen-bond donors (Lipinski definition) is 2. The molecule has 1 unspecified atom stereocenters. The van der Waals surface area contributed by atoms with Gasteiger partial charge in [0, 0.05) is 6.04 Å². The van der Waals surface area contributed by atoms with E-state index in [9.17, 15) is 14.0 Å². The maximum Gasteiger partial charge on any atom is 0.306 e. The van der Waals surface area contributed by atoms with Crippen molar-refractivity contribution in [2.24, 2.45) is 5.92 Å². The van der Waals surface area contributed by atoms with Crippen molar-refractivity contribution < 1.29 is 19.1 Å². The molecule has 2 N–H and O–H groups in total. The zero-order chi connectivity index (χ0) is 14.7. The third-order valence-electron chi connectivity index (χ3n) is 3.83. The number of halogens is 1. The Bertz CT molecular complexity index is 494. The summed E-state index contributed by atoms with van der Waals surface area (Å²) in [7, 11) is 0. The second kappa shape index (κ2) is 6.03. The molecule has 0 aromatic heterocycles. The molecule has 2 rings (SSSR count). The van der Waals surface area contributed by atoms with Gasteiger partial charge in [0.25, 0.3) is 0 Å². The van der Waals surface area contributed by atoms with Crippen molar-refractivity contribution >= 4 is 11.9 Å². The van der Waals surface area contributed by atoms with Crippen molar-refractivity contribution in [1.29, 1.82) is 0 Å². The second-order valence-electron chi connectivity index (χ2n) is 5.22. The number of hydrogen-bond acceptors (Lipinski definition) is 2. The Balaban J connectivity index is 1.93. The summed E-state index contributed by atoms with van der Waals surface area (Å²) in [6, 6.07) is 5.86. The van der Waals surface area contributed by atoms with Gasteiger partial charge in [-0.1, -0.05) is 19.1 Å². The largest absolute Gasteiger partial charge is 0.481 e. The van der Waals surface area contributed by atoms with Crippen LogP contribution in [0.1, 0.15) is 37.7 Å². The van der Waals surface area contributed by atoms with E-state index in [1.807, 2.05) is 6.92 Å². The average Bonchev–Trinajstić information content (AvgIpc) is 2.36. The number of carbonyl (C=O) groups excluding carboxylic acids is 1. The molecule has 1 aromatic rings. The van der Waals surface area contributed by atoms with Gasteiger partial charge in [-0.25, -0.2) is 4.39 Å². The highest BCUT2D eigenvalue weighted by molar-refractivity contribution is 5.84. The molecule has 1 fully saturated rings. The van der Waals surface area contributed by atoms with Crippen molar-refractivity contribution in [2.75, 3.05) is 0 Å². The summed E-state index contributed by atoms with van der Waals surface area (Å²) in [5, 5.41) is 11.7. The predicted molar refractivity (Wildman–Crippen MR) is 71.7 cm³/mol. The zero-order valence-electron chi connectivity index (χ0n) is 11.3. The van der Waals surface area contributed by atoms with Crippen LogP contribution in [0.15, 0.2) is 24.3 Å². The van der Waals surface area contributed by atoms with E-state index in [2.05, 4.69) is 5.32 Å². The number of carbonyl (C=O) groups is 2. The Kier molecular flexibility index (Phi) is 4.37. The van der Waals surface area contributed by atoms with E-state index in [1.54, 1.807) is 12.1 Å². The smallest absolute Gasteiger partial charge is 0.306 e. The molecule has 1 amide bonds. The molecular formula is C15H18FNO3. The first kappa shape index (κ1) is 14.5. The van der Waals surface area contributed by atoms with Crippen molar-refractivity contribution in [2.45, 2.75) is 38.1 Å². The lowest BCUT2D eigenvalue weighted by molar-refractivity contribution is -0.146. The summed E-state index contributed by atoms with van der Waals surface area (Å²) in [5.41, 5.74) is 0.778. The number of nitrogens with one attached hydrogen (secondary N) is 1. The minimum atomic E-state index is -0.805. The molecule has 20 heavy (non-hydrogen) atoms. The summed E-state index contributed by atoms with van der Waals surface area (Å²) in [4.78, 5) is 22.9. The van der Waals surface area contributed by atoms with Crippen LogP contribution in [0.3, 0.4) is 0 Å². The number of carboxylic acids is 1. The van der Waals surface area contributed by atoms with Crippen LogP contribution in [0.5, 0.6) is 0 Å². The van der Waals surface area contributed by atoms with E-state index >= 15 is 0 Å².